The lowest BCUT2D eigenvalue weighted by atomic mass is 10.1. The number of sulfonamides is 1. The van der Waals surface area contributed by atoms with E-state index in [1.807, 2.05) is 38.1 Å². The molecule has 10 heteroatoms. The molecule has 1 aliphatic heterocycles. The fourth-order valence-corrected chi connectivity index (χ4v) is 5.47. The molecule has 0 spiro atoms. The number of piperazine rings is 1. The molecule has 1 fully saturated rings. The van der Waals surface area contributed by atoms with Crippen LogP contribution in [0.2, 0.25) is 0 Å². The average Bonchev–Trinajstić information content (AvgIpc) is 3.25. The van der Waals surface area contributed by atoms with Crippen molar-refractivity contribution in [3.63, 3.8) is 0 Å². The van der Waals surface area contributed by atoms with Gasteiger partial charge in [-0.15, -0.1) is 0 Å². The van der Waals surface area contributed by atoms with E-state index >= 15 is 0 Å². The summed E-state index contributed by atoms with van der Waals surface area (Å²) in [6.45, 7) is 11.3. The molecule has 34 heavy (non-hydrogen) atoms. The molecule has 1 aromatic carbocycles. The molecular formula is C24H37N5O4S. The molecule has 3 rings (SSSR count). The third-order valence-corrected chi connectivity index (χ3v) is 7.60. The van der Waals surface area contributed by atoms with E-state index in [2.05, 4.69) is 29.2 Å². The Morgan fingerprint density at radius 3 is 2.50 bits per heavy atom. The van der Waals surface area contributed by atoms with Crippen LogP contribution in [-0.4, -0.2) is 67.7 Å². The molecule has 1 N–H and O–H groups in total. The van der Waals surface area contributed by atoms with Crippen LogP contribution < -0.4 is 15.0 Å². The van der Waals surface area contributed by atoms with Gasteiger partial charge < -0.3 is 15.0 Å². The van der Waals surface area contributed by atoms with Crippen molar-refractivity contribution in [1.29, 1.82) is 0 Å². The first-order chi connectivity index (χ1) is 16.3. The lowest BCUT2D eigenvalue weighted by molar-refractivity contribution is 0.0948. The van der Waals surface area contributed by atoms with Crippen molar-refractivity contribution >= 4 is 21.6 Å². The van der Waals surface area contributed by atoms with Crippen LogP contribution in [0.1, 0.15) is 50.9 Å². The second-order valence-electron chi connectivity index (χ2n) is 8.84. The molecule has 1 aliphatic rings. The van der Waals surface area contributed by atoms with Crippen LogP contribution in [0.15, 0.2) is 35.5 Å². The van der Waals surface area contributed by atoms with Gasteiger partial charge in [-0.3, -0.25) is 9.48 Å². The summed E-state index contributed by atoms with van der Waals surface area (Å²) in [7, 11) is -3.92. The summed E-state index contributed by atoms with van der Waals surface area (Å²) in [6.07, 6.45) is 3.16. The Kier molecular flexibility index (Phi) is 8.96. The molecule has 1 aromatic heterocycles. The third kappa shape index (κ3) is 6.09. The summed E-state index contributed by atoms with van der Waals surface area (Å²) in [5, 5.41) is 7.01. The number of ether oxygens (including phenoxy) is 1. The van der Waals surface area contributed by atoms with E-state index in [1.54, 1.807) is 10.9 Å². The molecule has 1 amide bonds. The molecule has 2 heterocycles. The fourth-order valence-electron chi connectivity index (χ4n) is 3.95. The minimum atomic E-state index is -3.92. The number of carbonyl (C=O) groups excluding carboxylic acids is 1. The summed E-state index contributed by atoms with van der Waals surface area (Å²) in [5.41, 5.74) is 1.07. The number of hydrogen-bond acceptors (Lipinski definition) is 6. The van der Waals surface area contributed by atoms with Crippen LogP contribution in [0.4, 0.5) is 5.69 Å². The van der Waals surface area contributed by atoms with Crippen molar-refractivity contribution in [3.8, 4) is 5.75 Å². The summed E-state index contributed by atoms with van der Waals surface area (Å²) in [6, 6.07) is 7.79. The molecule has 1 saturated heterocycles. The molecule has 0 radical (unpaired) electrons. The van der Waals surface area contributed by atoms with E-state index < -0.39 is 15.9 Å². The lowest BCUT2D eigenvalue weighted by Gasteiger charge is -2.35. The molecule has 0 unspecified atom stereocenters. The maximum atomic E-state index is 13.6. The van der Waals surface area contributed by atoms with Crippen LogP contribution in [0.5, 0.6) is 5.75 Å². The van der Waals surface area contributed by atoms with Crippen LogP contribution in [-0.2, 0) is 16.6 Å². The molecule has 0 aliphatic carbocycles. The zero-order chi connectivity index (χ0) is 24.7. The minimum Gasteiger partial charge on any atom is -0.492 e. The number of para-hydroxylation sites is 2. The predicted molar refractivity (Wildman–Crippen MR) is 133 cm³/mol. The summed E-state index contributed by atoms with van der Waals surface area (Å²) >= 11 is 0. The van der Waals surface area contributed by atoms with Gasteiger partial charge in [-0.2, -0.15) is 9.40 Å². The van der Waals surface area contributed by atoms with E-state index in [1.165, 1.54) is 4.31 Å². The number of carbonyl (C=O) groups is 1. The Bertz CT molecular complexity index is 1060. The minimum absolute atomic E-state index is 0.112. The normalized spacial score (nSPS) is 15.0. The van der Waals surface area contributed by atoms with Gasteiger partial charge >= 0.3 is 0 Å². The number of aromatic nitrogens is 2. The Hall–Kier alpha value is -2.59. The SMILES string of the molecule is CCCn1cc(C(=O)NCCC(C)C)c(S(=O)(=O)N2CCN(c3ccccc3OCC)CC2)n1. The highest BCUT2D eigenvalue weighted by Gasteiger charge is 2.35. The number of amides is 1. The average molecular weight is 492 g/mol. The number of nitrogens with one attached hydrogen (secondary N) is 1. The highest BCUT2D eigenvalue weighted by atomic mass is 32.2. The quantitative estimate of drug-likeness (QED) is 0.519. The van der Waals surface area contributed by atoms with Gasteiger partial charge in [0.2, 0.25) is 5.03 Å². The van der Waals surface area contributed by atoms with Crippen LogP contribution >= 0.6 is 0 Å². The van der Waals surface area contributed by atoms with Gasteiger partial charge in [0.25, 0.3) is 15.9 Å². The molecule has 9 nitrogen and oxygen atoms in total. The molecular weight excluding hydrogens is 454 g/mol. The van der Waals surface area contributed by atoms with Crippen molar-refractivity contribution in [3.05, 3.63) is 36.0 Å². The first-order valence-electron chi connectivity index (χ1n) is 12.1. The van der Waals surface area contributed by atoms with Gasteiger partial charge in [0.05, 0.1) is 17.9 Å². The largest absolute Gasteiger partial charge is 0.492 e. The van der Waals surface area contributed by atoms with E-state index in [9.17, 15) is 13.2 Å². The Morgan fingerprint density at radius 1 is 1.15 bits per heavy atom. The molecule has 0 saturated carbocycles. The number of hydrogen-bond donors (Lipinski definition) is 1. The monoisotopic (exact) mass is 491 g/mol. The van der Waals surface area contributed by atoms with Crippen LogP contribution in [0.3, 0.4) is 0 Å². The summed E-state index contributed by atoms with van der Waals surface area (Å²) < 4.78 is 35.8. The van der Waals surface area contributed by atoms with Gasteiger partial charge in [0.15, 0.2) is 0 Å². The molecule has 188 valence electrons. The number of rotatable bonds is 11. The first-order valence-corrected chi connectivity index (χ1v) is 13.5. The Labute approximate surface area is 203 Å². The number of benzene rings is 1. The number of anilines is 1. The predicted octanol–water partition coefficient (Wildman–Crippen LogP) is 2.98. The summed E-state index contributed by atoms with van der Waals surface area (Å²) in [5.74, 6) is 0.835. The molecule has 0 atom stereocenters. The standard InChI is InChI=1S/C24H37N5O4S/c1-5-13-28-18-20(23(30)25-12-11-19(3)4)24(26-28)34(31,32)29-16-14-27(15-17-29)21-9-7-8-10-22(21)33-6-2/h7-10,18-19H,5-6,11-17H2,1-4H3,(H,25,30). The first kappa shape index (κ1) is 26.0. The van der Waals surface area contributed by atoms with Crippen molar-refractivity contribution in [2.24, 2.45) is 5.92 Å². The van der Waals surface area contributed by atoms with Crippen molar-refractivity contribution in [1.82, 2.24) is 19.4 Å². The van der Waals surface area contributed by atoms with Crippen molar-refractivity contribution in [2.45, 2.75) is 52.1 Å². The van der Waals surface area contributed by atoms with Crippen molar-refractivity contribution in [2.75, 3.05) is 44.2 Å². The Morgan fingerprint density at radius 2 is 1.85 bits per heavy atom. The fraction of sp³-hybridized carbons (Fsp3) is 0.583. The van der Waals surface area contributed by atoms with Gasteiger partial charge in [0, 0.05) is 45.5 Å². The zero-order valence-electron chi connectivity index (χ0n) is 20.7. The third-order valence-electron chi connectivity index (χ3n) is 5.76. The van der Waals surface area contributed by atoms with E-state index in [0.717, 1.165) is 24.3 Å². The lowest BCUT2D eigenvalue weighted by Crippen LogP contribution is -2.49. The van der Waals surface area contributed by atoms with Crippen molar-refractivity contribution < 1.29 is 17.9 Å². The second kappa shape index (κ2) is 11.7. The van der Waals surface area contributed by atoms with Gasteiger partial charge in [-0.25, -0.2) is 8.42 Å². The van der Waals surface area contributed by atoms with Crippen LogP contribution in [0, 0.1) is 5.92 Å². The van der Waals surface area contributed by atoms with Gasteiger partial charge in [-0.05, 0) is 37.8 Å². The highest BCUT2D eigenvalue weighted by molar-refractivity contribution is 7.89. The highest BCUT2D eigenvalue weighted by Crippen LogP contribution is 2.30. The maximum absolute atomic E-state index is 13.6. The van der Waals surface area contributed by atoms with Gasteiger partial charge in [-0.1, -0.05) is 32.9 Å². The molecule has 0 bridgehead atoms. The Balaban J connectivity index is 1.78. The summed E-state index contributed by atoms with van der Waals surface area (Å²) in [4.78, 5) is 15.0. The smallest absolute Gasteiger partial charge is 0.263 e. The molecule has 2 aromatic rings. The van der Waals surface area contributed by atoms with E-state index in [-0.39, 0.29) is 10.6 Å². The topological polar surface area (TPSA) is 96.8 Å². The van der Waals surface area contributed by atoms with Crippen LogP contribution in [0.25, 0.3) is 0 Å². The van der Waals surface area contributed by atoms with Gasteiger partial charge in [0.1, 0.15) is 5.75 Å². The zero-order valence-corrected chi connectivity index (χ0v) is 21.5. The van der Waals surface area contributed by atoms with E-state index in [0.29, 0.717) is 51.8 Å². The van der Waals surface area contributed by atoms with E-state index in [4.69, 9.17) is 4.74 Å². The number of aryl methyl sites for hydroxylation is 1. The number of nitrogens with zero attached hydrogens (tertiary/aromatic N) is 4. The second-order valence-corrected chi connectivity index (χ2v) is 10.7. The maximum Gasteiger partial charge on any atom is 0.263 e.